The van der Waals surface area contributed by atoms with Crippen molar-refractivity contribution < 1.29 is 23.4 Å². The predicted molar refractivity (Wildman–Crippen MR) is 171 cm³/mol. The molecule has 2 heterocycles. The van der Waals surface area contributed by atoms with Gasteiger partial charge in [0.2, 0.25) is 5.95 Å². The van der Waals surface area contributed by atoms with Crippen LogP contribution >= 0.6 is 11.6 Å². The number of aromatic nitrogens is 2. The molecule has 0 saturated carbocycles. The summed E-state index contributed by atoms with van der Waals surface area (Å²) < 4.78 is 30.4. The average molecular weight is 632 g/mol. The minimum Gasteiger partial charge on any atom is -0.489 e. The van der Waals surface area contributed by atoms with Crippen molar-refractivity contribution in [1.29, 1.82) is 0 Å². The number of nitrogens with two attached hydrogens (primary N) is 1. The zero-order valence-electron chi connectivity index (χ0n) is 25.1. The first-order chi connectivity index (χ1) is 21.9. The van der Waals surface area contributed by atoms with Gasteiger partial charge in [0.15, 0.2) is 0 Å². The van der Waals surface area contributed by atoms with E-state index in [-0.39, 0.29) is 18.1 Å². The minimum atomic E-state index is -0.701. The lowest BCUT2D eigenvalue weighted by molar-refractivity contribution is 0.0594. The van der Waals surface area contributed by atoms with Gasteiger partial charge in [0.1, 0.15) is 24.0 Å². The van der Waals surface area contributed by atoms with Crippen LogP contribution in [0, 0.1) is 5.82 Å². The van der Waals surface area contributed by atoms with E-state index in [0.29, 0.717) is 18.2 Å². The summed E-state index contributed by atoms with van der Waals surface area (Å²) in [6.07, 6.45) is 1.70. The fraction of sp³-hybridized carbons (Fsp3) is 0.324. The van der Waals surface area contributed by atoms with Crippen molar-refractivity contribution >= 4 is 29.3 Å². The van der Waals surface area contributed by atoms with E-state index < -0.39 is 11.8 Å². The quantitative estimate of drug-likeness (QED) is 0.184. The molecule has 9 nitrogen and oxygen atoms in total. The molecule has 1 aromatic heterocycles. The Bertz CT molecular complexity index is 1680. The standard InChI is InChI=1S/C34H35ClFN5O4/c1-43-33(42)29-18-23(4-11-30(29)36)20-44-17-16-40-12-14-41(15-13-40)32-28-9-5-24-19-26(45-21-22-2-6-25(35)7-3-22)8-10-27(24)31(28)38-34(37)39-32/h2-4,6-8,10-11,18-19H,5,9,12-17,20-21H2,1H3,(H2,37,38,39). The fourth-order valence-corrected chi connectivity index (χ4v) is 5.93. The maximum absolute atomic E-state index is 13.9. The number of methoxy groups -OCH3 is 1. The lowest BCUT2D eigenvalue weighted by atomic mass is 9.88. The number of hydrogen-bond acceptors (Lipinski definition) is 9. The molecular weight excluding hydrogens is 597 g/mol. The molecule has 0 amide bonds. The Morgan fingerprint density at radius 1 is 0.956 bits per heavy atom. The molecule has 0 unspecified atom stereocenters. The van der Waals surface area contributed by atoms with E-state index in [1.54, 1.807) is 6.07 Å². The molecule has 1 saturated heterocycles. The molecule has 0 bridgehead atoms. The summed E-state index contributed by atoms with van der Waals surface area (Å²) in [7, 11) is 1.23. The van der Waals surface area contributed by atoms with E-state index in [2.05, 4.69) is 31.7 Å². The molecule has 1 aliphatic carbocycles. The molecule has 2 N–H and O–H groups in total. The van der Waals surface area contributed by atoms with Crippen molar-refractivity contribution in [2.75, 3.05) is 57.1 Å². The first-order valence-electron chi connectivity index (χ1n) is 15.0. The van der Waals surface area contributed by atoms with Gasteiger partial charge >= 0.3 is 5.97 Å². The number of nitrogen functional groups attached to an aromatic ring is 1. The van der Waals surface area contributed by atoms with Crippen molar-refractivity contribution in [3.8, 4) is 17.0 Å². The number of nitrogens with zero attached hydrogens (tertiary/aromatic N) is 4. The number of hydrogen-bond donors (Lipinski definition) is 1. The number of rotatable bonds is 10. The lowest BCUT2D eigenvalue weighted by Gasteiger charge is -2.37. The summed E-state index contributed by atoms with van der Waals surface area (Å²) in [5.74, 6) is 0.696. The number of ether oxygens (including phenoxy) is 3. The summed E-state index contributed by atoms with van der Waals surface area (Å²) in [6, 6.07) is 18.2. The molecule has 6 rings (SSSR count). The molecule has 1 fully saturated rings. The summed E-state index contributed by atoms with van der Waals surface area (Å²) in [6.45, 7) is 5.37. The Morgan fingerprint density at radius 2 is 1.73 bits per heavy atom. The summed E-state index contributed by atoms with van der Waals surface area (Å²) >= 11 is 6.00. The van der Waals surface area contributed by atoms with Gasteiger partial charge in [-0.05, 0) is 72.0 Å². The van der Waals surface area contributed by atoms with E-state index in [1.807, 2.05) is 30.3 Å². The van der Waals surface area contributed by atoms with Crippen LogP contribution in [0.25, 0.3) is 11.3 Å². The molecule has 234 valence electrons. The normalized spacial score (nSPS) is 14.5. The Morgan fingerprint density at radius 3 is 2.51 bits per heavy atom. The molecule has 0 spiro atoms. The number of benzene rings is 3. The number of halogens is 2. The third kappa shape index (κ3) is 7.19. The second-order valence-corrected chi connectivity index (χ2v) is 11.6. The van der Waals surface area contributed by atoms with Gasteiger partial charge in [0.25, 0.3) is 0 Å². The maximum Gasteiger partial charge on any atom is 0.340 e. The number of piperazine rings is 1. The van der Waals surface area contributed by atoms with Gasteiger partial charge < -0.3 is 24.8 Å². The Labute approximate surface area is 266 Å². The van der Waals surface area contributed by atoms with Crippen LogP contribution in [0.2, 0.25) is 5.02 Å². The smallest absolute Gasteiger partial charge is 0.340 e. The molecule has 1 aliphatic heterocycles. The lowest BCUT2D eigenvalue weighted by Crippen LogP contribution is -2.48. The van der Waals surface area contributed by atoms with Gasteiger partial charge in [-0.1, -0.05) is 29.8 Å². The Kier molecular flexibility index (Phi) is 9.44. The summed E-state index contributed by atoms with van der Waals surface area (Å²) in [4.78, 5) is 25.8. The largest absolute Gasteiger partial charge is 0.489 e. The third-order valence-electron chi connectivity index (χ3n) is 8.23. The first kappa shape index (κ1) is 30.8. The van der Waals surface area contributed by atoms with E-state index in [9.17, 15) is 9.18 Å². The van der Waals surface area contributed by atoms with Crippen LogP contribution in [-0.2, 0) is 35.5 Å². The maximum atomic E-state index is 13.9. The molecule has 11 heteroatoms. The molecule has 0 radical (unpaired) electrons. The highest BCUT2D eigenvalue weighted by atomic mass is 35.5. The van der Waals surface area contributed by atoms with Crippen molar-refractivity contribution in [1.82, 2.24) is 14.9 Å². The van der Waals surface area contributed by atoms with Crippen LogP contribution < -0.4 is 15.4 Å². The fourth-order valence-electron chi connectivity index (χ4n) is 5.80. The molecular formula is C34H35ClFN5O4. The molecule has 0 atom stereocenters. The van der Waals surface area contributed by atoms with Crippen molar-refractivity contribution in [2.24, 2.45) is 0 Å². The van der Waals surface area contributed by atoms with Crippen LogP contribution in [-0.4, -0.2) is 67.3 Å². The number of carbonyl (C=O) groups excluding carboxylic acids is 1. The predicted octanol–water partition coefficient (Wildman–Crippen LogP) is 5.32. The average Bonchev–Trinajstić information content (AvgIpc) is 3.06. The minimum absolute atomic E-state index is 0.0882. The van der Waals surface area contributed by atoms with E-state index >= 15 is 0 Å². The van der Waals surface area contributed by atoms with E-state index in [1.165, 1.54) is 24.8 Å². The Balaban J connectivity index is 1.04. The summed E-state index contributed by atoms with van der Waals surface area (Å²) in [5.41, 5.74) is 12.2. The van der Waals surface area contributed by atoms with Gasteiger partial charge in [-0.3, -0.25) is 4.90 Å². The number of anilines is 2. The van der Waals surface area contributed by atoms with E-state index in [0.717, 1.165) is 85.1 Å². The SMILES string of the molecule is COC(=O)c1cc(COCCN2CCN(c3nc(N)nc4c3CCc3cc(OCc5ccc(Cl)cc5)ccc3-4)CC2)ccc1F. The molecule has 45 heavy (non-hydrogen) atoms. The topological polar surface area (TPSA) is 103 Å². The number of fused-ring (bicyclic) bond motifs is 3. The van der Waals surface area contributed by atoms with Crippen molar-refractivity contribution in [3.05, 3.63) is 99.3 Å². The van der Waals surface area contributed by atoms with Crippen LogP contribution in [0.4, 0.5) is 16.2 Å². The third-order valence-corrected chi connectivity index (χ3v) is 8.48. The molecule has 2 aliphatic rings. The van der Waals surface area contributed by atoms with Gasteiger partial charge in [-0.2, -0.15) is 4.98 Å². The van der Waals surface area contributed by atoms with Gasteiger partial charge in [-0.15, -0.1) is 0 Å². The second-order valence-electron chi connectivity index (χ2n) is 11.2. The van der Waals surface area contributed by atoms with Crippen LogP contribution in [0.1, 0.15) is 32.6 Å². The molecule has 3 aromatic carbocycles. The highest BCUT2D eigenvalue weighted by Crippen LogP contribution is 2.38. The number of esters is 1. The zero-order chi connectivity index (χ0) is 31.3. The van der Waals surface area contributed by atoms with Crippen molar-refractivity contribution in [3.63, 3.8) is 0 Å². The number of aryl methyl sites for hydroxylation is 1. The van der Waals surface area contributed by atoms with Gasteiger partial charge in [-0.25, -0.2) is 14.2 Å². The van der Waals surface area contributed by atoms with Gasteiger partial charge in [0.05, 0.1) is 31.6 Å². The highest BCUT2D eigenvalue weighted by molar-refractivity contribution is 6.30. The molecule has 4 aromatic rings. The Hall–Kier alpha value is -4.25. The van der Waals surface area contributed by atoms with Crippen molar-refractivity contribution in [2.45, 2.75) is 26.1 Å². The first-order valence-corrected chi connectivity index (χ1v) is 15.3. The van der Waals surface area contributed by atoms with Crippen LogP contribution in [0.5, 0.6) is 5.75 Å². The van der Waals surface area contributed by atoms with Gasteiger partial charge in [0, 0.05) is 48.9 Å². The van der Waals surface area contributed by atoms with Crippen LogP contribution in [0.15, 0.2) is 60.7 Å². The monoisotopic (exact) mass is 631 g/mol. The van der Waals surface area contributed by atoms with E-state index in [4.69, 9.17) is 31.8 Å². The summed E-state index contributed by atoms with van der Waals surface area (Å²) in [5, 5.41) is 0.706. The second kappa shape index (κ2) is 13.8. The number of carbonyl (C=O) groups is 1. The zero-order valence-corrected chi connectivity index (χ0v) is 25.9. The highest BCUT2D eigenvalue weighted by Gasteiger charge is 2.27. The van der Waals surface area contributed by atoms with Crippen LogP contribution in [0.3, 0.4) is 0 Å².